The molecular formula is C8H8N2S. The van der Waals surface area contributed by atoms with Crippen LogP contribution in [0.2, 0.25) is 0 Å². The van der Waals surface area contributed by atoms with Gasteiger partial charge in [-0.2, -0.15) is 11.3 Å². The quantitative estimate of drug-likeness (QED) is 0.620. The SMILES string of the molecule is C1=CN(c2ccsc2)CN=C1. The molecule has 2 heterocycles. The lowest BCUT2D eigenvalue weighted by atomic mass is 10.4. The zero-order valence-electron chi connectivity index (χ0n) is 5.97. The van der Waals surface area contributed by atoms with E-state index in [1.54, 1.807) is 11.3 Å². The molecule has 0 radical (unpaired) electrons. The van der Waals surface area contributed by atoms with Crippen molar-refractivity contribution < 1.29 is 0 Å². The van der Waals surface area contributed by atoms with Gasteiger partial charge in [0.1, 0.15) is 6.67 Å². The van der Waals surface area contributed by atoms with Gasteiger partial charge in [-0.1, -0.05) is 0 Å². The molecule has 0 aliphatic carbocycles. The smallest absolute Gasteiger partial charge is 0.114 e. The summed E-state index contributed by atoms with van der Waals surface area (Å²) in [5.74, 6) is 0. The predicted octanol–water partition coefficient (Wildman–Crippen LogP) is 2.11. The van der Waals surface area contributed by atoms with Crippen LogP contribution >= 0.6 is 11.3 Å². The van der Waals surface area contributed by atoms with Gasteiger partial charge in [-0.15, -0.1) is 0 Å². The molecule has 2 nitrogen and oxygen atoms in total. The minimum absolute atomic E-state index is 0.743. The Bertz CT molecular complexity index is 274. The first kappa shape index (κ1) is 6.61. The first-order valence-corrected chi connectivity index (χ1v) is 4.36. The summed E-state index contributed by atoms with van der Waals surface area (Å²) in [6.07, 6.45) is 5.80. The Hall–Kier alpha value is -1.09. The van der Waals surface area contributed by atoms with Gasteiger partial charge < -0.3 is 4.90 Å². The number of allylic oxidation sites excluding steroid dienone is 1. The fourth-order valence-corrected chi connectivity index (χ4v) is 1.62. The van der Waals surface area contributed by atoms with Crippen LogP contribution in [0, 0.1) is 0 Å². The van der Waals surface area contributed by atoms with E-state index in [9.17, 15) is 0 Å². The molecular weight excluding hydrogens is 156 g/mol. The van der Waals surface area contributed by atoms with E-state index < -0.39 is 0 Å². The molecule has 0 fully saturated rings. The molecule has 0 atom stereocenters. The fourth-order valence-electron chi connectivity index (χ4n) is 0.974. The van der Waals surface area contributed by atoms with Crippen molar-refractivity contribution >= 4 is 23.2 Å². The van der Waals surface area contributed by atoms with Gasteiger partial charge in [-0.3, -0.25) is 4.99 Å². The summed E-state index contributed by atoms with van der Waals surface area (Å²) in [7, 11) is 0. The summed E-state index contributed by atoms with van der Waals surface area (Å²) in [5, 5.41) is 4.19. The van der Waals surface area contributed by atoms with Crippen LogP contribution in [-0.4, -0.2) is 12.9 Å². The van der Waals surface area contributed by atoms with Gasteiger partial charge in [0.25, 0.3) is 0 Å². The van der Waals surface area contributed by atoms with E-state index in [2.05, 4.69) is 26.7 Å². The molecule has 1 aromatic rings. The van der Waals surface area contributed by atoms with Crippen molar-refractivity contribution in [3.8, 4) is 0 Å². The zero-order valence-corrected chi connectivity index (χ0v) is 6.79. The van der Waals surface area contributed by atoms with Crippen LogP contribution < -0.4 is 4.90 Å². The molecule has 1 aliphatic heterocycles. The van der Waals surface area contributed by atoms with Crippen LogP contribution in [0.5, 0.6) is 0 Å². The van der Waals surface area contributed by atoms with Gasteiger partial charge >= 0.3 is 0 Å². The Labute approximate surface area is 69.5 Å². The third kappa shape index (κ3) is 1.33. The summed E-state index contributed by atoms with van der Waals surface area (Å²) < 4.78 is 0. The first-order chi connectivity index (χ1) is 5.47. The van der Waals surface area contributed by atoms with E-state index in [-0.39, 0.29) is 0 Å². The number of rotatable bonds is 1. The number of aliphatic imine (C=N–C) groups is 1. The van der Waals surface area contributed by atoms with Crippen molar-refractivity contribution in [2.75, 3.05) is 11.6 Å². The first-order valence-electron chi connectivity index (χ1n) is 3.42. The topological polar surface area (TPSA) is 15.6 Å². The van der Waals surface area contributed by atoms with Gasteiger partial charge in [0.2, 0.25) is 0 Å². The van der Waals surface area contributed by atoms with E-state index in [4.69, 9.17) is 0 Å². The van der Waals surface area contributed by atoms with Crippen molar-refractivity contribution in [3.05, 3.63) is 29.1 Å². The van der Waals surface area contributed by atoms with E-state index in [0.717, 1.165) is 6.67 Å². The van der Waals surface area contributed by atoms with Crippen LogP contribution in [-0.2, 0) is 0 Å². The van der Waals surface area contributed by atoms with Crippen LogP contribution in [0.4, 0.5) is 5.69 Å². The van der Waals surface area contributed by atoms with Crippen LogP contribution in [0.1, 0.15) is 0 Å². The van der Waals surface area contributed by atoms with Crippen LogP contribution in [0.25, 0.3) is 0 Å². The van der Waals surface area contributed by atoms with Crippen LogP contribution in [0.3, 0.4) is 0 Å². The van der Waals surface area contributed by atoms with E-state index in [1.807, 2.05) is 18.5 Å². The molecule has 0 bridgehead atoms. The van der Waals surface area contributed by atoms with Gasteiger partial charge in [-0.05, 0) is 17.5 Å². The molecule has 56 valence electrons. The molecule has 0 spiro atoms. The molecule has 0 unspecified atom stereocenters. The fraction of sp³-hybridized carbons (Fsp3) is 0.125. The Balaban J connectivity index is 2.19. The molecule has 11 heavy (non-hydrogen) atoms. The minimum Gasteiger partial charge on any atom is -0.327 e. The maximum Gasteiger partial charge on any atom is 0.114 e. The number of nitrogens with zero attached hydrogens (tertiary/aromatic N) is 2. The normalized spacial score (nSPS) is 15.8. The summed E-state index contributed by atoms with van der Waals surface area (Å²) in [6.45, 7) is 0.743. The maximum atomic E-state index is 4.13. The lowest BCUT2D eigenvalue weighted by molar-refractivity contribution is 0.973. The highest BCUT2D eigenvalue weighted by molar-refractivity contribution is 7.08. The van der Waals surface area contributed by atoms with E-state index >= 15 is 0 Å². The monoisotopic (exact) mass is 164 g/mol. The van der Waals surface area contributed by atoms with E-state index in [1.165, 1.54) is 5.69 Å². The van der Waals surface area contributed by atoms with Gasteiger partial charge in [-0.25, -0.2) is 0 Å². The molecule has 2 rings (SSSR count). The van der Waals surface area contributed by atoms with Crippen LogP contribution in [0.15, 0.2) is 34.1 Å². The average Bonchev–Trinajstić information content (AvgIpc) is 2.58. The third-order valence-electron chi connectivity index (χ3n) is 1.53. The Kier molecular flexibility index (Phi) is 1.73. The van der Waals surface area contributed by atoms with Gasteiger partial charge in [0.05, 0.1) is 5.69 Å². The molecule has 0 N–H and O–H groups in total. The lowest BCUT2D eigenvalue weighted by Gasteiger charge is -2.17. The Morgan fingerprint density at radius 2 is 2.55 bits per heavy atom. The molecule has 3 heteroatoms. The summed E-state index contributed by atoms with van der Waals surface area (Å²) in [4.78, 5) is 6.24. The number of hydrogen-bond acceptors (Lipinski definition) is 3. The van der Waals surface area contributed by atoms with Crippen molar-refractivity contribution in [3.63, 3.8) is 0 Å². The van der Waals surface area contributed by atoms with Gasteiger partial charge in [0.15, 0.2) is 0 Å². The molecule has 0 saturated carbocycles. The van der Waals surface area contributed by atoms with E-state index in [0.29, 0.717) is 0 Å². The van der Waals surface area contributed by atoms with Gasteiger partial charge in [0, 0.05) is 17.8 Å². The largest absolute Gasteiger partial charge is 0.327 e. The predicted molar refractivity (Wildman–Crippen MR) is 49.3 cm³/mol. The summed E-state index contributed by atoms with van der Waals surface area (Å²) in [5.41, 5.74) is 1.23. The zero-order chi connectivity index (χ0) is 7.52. The van der Waals surface area contributed by atoms with Crippen molar-refractivity contribution in [1.29, 1.82) is 0 Å². The highest BCUT2D eigenvalue weighted by atomic mass is 32.1. The minimum atomic E-state index is 0.743. The maximum absolute atomic E-state index is 4.13. The number of thiophene rings is 1. The molecule has 0 saturated heterocycles. The Morgan fingerprint density at radius 1 is 1.55 bits per heavy atom. The molecule has 0 aromatic carbocycles. The Morgan fingerprint density at radius 3 is 3.18 bits per heavy atom. The summed E-state index contributed by atoms with van der Waals surface area (Å²) in [6, 6.07) is 2.09. The second kappa shape index (κ2) is 2.88. The molecule has 1 aromatic heterocycles. The van der Waals surface area contributed by atoms with Crippen molar-refractivity contribution in [2.24, 2.45) is 4.99 Å². The molecule has 1 aliphatic rings. The average molecular weight is 164 g/mol. The second-order valence-electron chi connectivity index (χ2n) is 2.27. The highest BCUT2D eigenvalue weighted by Gasteiger charge is 2.02. The lowest BCUT2D eigenvalue weighted by Crippen LogP contribution is -2.17. The number of anilines is 1. The number of hydrogen-bond donors (Lipinski definition) is 0. The second-order valence-corrected chi connectivity index (χ2v) is 3.05. The summed E-state index contributed by atoms with van der Waals surface area (Å²) >= 11 is 1.71. The standard InChI is InChI=1S/C8H8N2S/c1-3-9-7-10(4-1)8-2-5-11-6-8/h1-6H,7H2. The highest BCUT2D eigenvalue weighted by Crippen LogP contribution is 2.18. The van der Waals surface area contributed by atoms with Crippen molar-refractivity contribution in [1.82, 2.24) is 0 Å². The van der Waals surface area contributed by atoms with Crippen molar-refractivity contribution in [2.45, 2.75) is 0 Å². The molecule has 0 amide bonds. The third-order valence-corrected chi connectivity index (χ3v) is 2.20.